The summed E-state index contributed by atoms with van der Waals surface area (Å²) in [7, 11) is 1.51. The molecule has 0 unspecified atom stereocenters. The Balaban J connectivity index is 1.77. The van der Waals surface area contributed by atoms with E-state index in [1.165, 1.54) is 13.3 Å². The molecular formula is C12H16N6O2. The molecule has 1 amide bonds. The van der Waals surface area contributed by atoms with Crippen LogP contribution in [0.3, 0.4) is 0 Å². The maximum atomic E-state index is 11.6. The number of nitrogens with zero attached hydrogens (tertiary/aromatic N) is 4. The monoisotopic (exact) mass is 276 g/mol. The molecule has 0 atom stereocenters. The number of carbonyl (C=O) groups is 1. The summed E-state index contributed by atoms with van der Waals surface area (Å²) in [5.41, 5.74) is 6.21. The van der Waals surface area contributed by atoms with Crippen molar-refractivity contribution in [3.8, 4) is 5.88 Å². The predicted molar refractivity (Wildman–Crippen MR) is 71.9 cm³/mol. The third-order valence-electron chi connectivity index (χ3n) is 2.48. The molecule has 2 aromatic heterocycles. The predicted octanol–water partition coefficient (Wildman–Crippen LogP) is 0.524. The van der Waals surface area contributed by atoms with E-state index in [4.69, 9.17) is 4.74 Å². The number of ether oxygens (including phenoxy) is 1. The van der Waals surface area contributed by atoms with Gasteiger partial charge in [0.2, 0.25) is 17.7 Å². The first-order chi connectivity index (χ1) is 9.67. The van der Waals surface area contributed by atoms with Crippen molar-refractivity contribution < 1.29 is 9.53 Å². The summed E-state index contributed by atoms with van der Waals surface area (Å²) in [5, 5.41) is 4.10. The molecule has 0 radical (unpaired) electrons. The maximum Gasteiger partial charge on any atom is 0.245 e. The van der Waals surface area contributed by atoms with Crippen LogP contribution >= 0.6 is 0 Å². The summed E-state index contributed by atoms with van der Waals surface area (Å²) >= 11 is 0. The van der Waals surface area contributed by atoms with E-state index in [9.17, 15) is 4.79 Å². The van der Waals surface area contributed by atoms with Crippen molar-refractivity contribution in [2.45, 2.75) is 19.9 Å². The third-order valence-corrected chi connectivity index (χ3v) is 2.48. The fourth-order valence-corrected chi connectivity index (χ4v) is 1.51. The van der Waals surface area contributed by atoms with Gasteiger partial charge in [-0.2, -0.15) is 10.1 Å². The minimum atomic E-state index is -0.176. The highest BCUT2D eigenvalue weighted by molar-refractivity contribution is 5.76. The lowest BCUT2D eigenvalue weighted by Crippen LogP contribution is -2.31. The molecule has 106 valence electrons. The number of anilines is 1. The zero-order valence-corrected chi connectivity index (χ0v) is 11.3. The Morgan fingerprint density at radius 2 is 2.35 bits per heavy atom. The fraction of sp³-hybridized carbons (Fsp3) is 0.333. The van der Waals surface area contributed by atoms with Crippen molar-refractivity contribution in [3.05, 3.63) is 30.2 Å². The number of amides is 1. The van der Waals surface area contributed by atoms with Crippen molar-refractivity contribution in [1.82, 2.24) is 25.2 Å². The second-order valence-corrected chi connectivity index (χ2v) is 4.13. The maximum absolute atomic E-state index is 11.6. The highest BCUT2D eigenvalue weighted by Crippen LogP contribution is 2.06. The Kier molecular flexibility index (Phi) is 4.48. The van der Waals surface area contributed by atoms with E-state index < -0.39 is 0 Å². The van der Waals surface area contributed by atoms with Gasteiger partial charge >= 0.3 is 0 Å². The van der Waals surface area contributed by atoms with Gasteiger partial charge in [-0.15, -0.1) is 0 Å². The van der Waals surface area contributed by atoms with Crippen LogP contribution in [-0.2, 0) is 11.3 Å². The van der Waals surface area contributed by atoms with E-state index in [-0.39, 0.29) is 11.9 Å². The van der Waals surface area contributed by atoms with Crippen molar-refractivity contribution >= 4 is 11.9 Å². The Hall–Kier alpha value is -2.64. The highest BCUT2D eigenvalue weighted by Gasteiger charge is 2.04. The third kappa shape index (κ3) is 3.94. The topological polar surface area (TPSA) is 94.0 Å². The molecule has 0 spiro atoms. The number of hydrogen-bond acceptors (Lipinski definition) is 6. The second kappa shape index (κ2) is 6.50. The quantitative estimate of drug-likeness (QED) is 0.747. The van der Waals surface area contributed by atoms with Crippen LogP contribution in [0.5, 0.6) is 5.88 Å². The smallest absolute Gasteiger partial charge is 0.245 e. The number of aromatic nitrogens is 4. The van der Waals surface area contributed by atoms with Gasteiger partial charge in [-0.05, 0) is 12.5 Å². The molecular weight excluding hydrogens is 260 g/mol. The zero-order valence-electron chi connectivity index (χ0n) is 11.3. The summed E-state index contributed by atoms with van der Waals surface area (Å²) in [6.07, 6.45) is 5.47. The molecule has 2 N–H and O–H groups in total. The SMILES string of the molecule is COc1ccnc(NNC(=O)CCn2cc(C)cn2)n1. The van der Waals surface area contributed by atoms with Crippen LogP contribution in [-0.4, -0.2) is 32.8 Å². The molecule has 0 fully saturated rings. The van der Waals surface area contributed by atoms with Crippen LogP contribution in [0.4, 0.5) is 5.95 Å². The van der Waals surface area contributed by atoms with Gasteiger partial charge < -0.3 is 4.74 Å². The van der Waals surface area contributed by atoms with Gasteiger partial charge in [0.1, 0.15) is 0 Å². The average Bonchev–Trinajstić information content (AvgIpc) is 2.89. The molecule has 0 saturated heterocycles. The van der Waals surface area contributed by atoms with Crippen LogP contribution in [0.15, 0.2) is 24.7 Å². The van der Waals surface area contributed by atoms with E-state index in [0.717, 1.165) is 5.56 Å². The summed E-state index contributed by atoms with van der Waals surface area (Å²) in [6, 6.07) is 1.62. The van der Waals surface area contributed by atoms with Crippen LogP contribution in [0.25, 0.3) is 0 Å². The average molecular weight is 276 g/mol. The number of rotatable bonds is 6. The first kappa shape index (κ1) is 13.8. The van der Waals surface area contributed by atoms with E-state index in [0.29, 0.717) is 18.8 Å². The van der Waals surface area contributed by atoms with Crippen LogP contribution in [0, 0.1) is 6.92 Å². The van der Waals surface area contributed by atoms with Crippen LogP contribution in [0.2, 0.25) is 0 Å². The van der Waals surface area contributed by atoms with E-state index in [1.807, 2.05) is 13.1 Å². The summed E-state index contributed by atoms with van der Waals surface area (Å²) in [5.74, 6) is 0.515. The number of nitrogens with one attached hydrogen (secondary N) is 2. The highest BCUT2D eigenvalue weighted by atomic mass is 16.5. The van der Waals surface area contributed by atoms with Gasteiger partial charge in [-0.3, -0.25) is 20.3 Å². The lowest BCUT2D eigenvalue weighted by Gasteiger charge is -2.07. The molecule has 0 aromatic carbocycles. The lowest BCUT2D eigenvalue weighted by atomic mass is 10.4. The van der Waals surface area contributed by atoms with Crippen LogP contribution < -0.4 is 15.6 Å². The number of hydrazine groups is 1. The van der Waals surface area contributed by atoms with E-state index in [2.05, 4.69) is 25.9 Å². The van der Waals surface area contributed by atoms with Gasteiger partial charge in [0.05, 0.1) is 13.3 Å². The molecule has 0 aliphatic carbocycles. The molecule has 0 bridgehead atoms. The molecule has 8 nitrogen and oxygen atoms in total. The second-order valence-electron chi connectivity index (χ2n) is 4.13. The number of hydrogen-bond donors (Lipinski definition) is 2. The molecule has 2 heterocycles. The Labute approximate surface area is 116 Å². The fourth-order valence-electron chi connectivity index (χ4n) is 1.51. The van der Waals surface area contributed by atoms with Gasteiger partial charge in [0.25, 0.3) is 0 Å². The first-order valence-corrected chi connectivity index (χ1v) is 6.08. The Morgan fingerprint density at radius 1 is 1.50 bits per heavy atom. The normalized spacial score (nSPS) is 10.1. The molecule has 0 saturated carbocycles. The molecule has 8 heteroatoms. The van der Waals surface area contributed by atoms with Crippen molar-refractivity contribution in [2.24, 2.45) is 0 Å². The number of carbonyl (C=O) groups excluding carboxylic acids is 1. The Morgan fingerprint density at radius 3 is 3.05 bits per heavy atom. The van der Waals surface area contributed by atoms with Gasteiger partial charge in [0.15, 0.2) is 0 Å². The standard InChI is InChI=1S/C12H16N6O2/c1-9-7-14-18(8-9)6-4-10(19)16-17-12-13-5-3-11(15-12)20-2/h3,5,7-8H,4,6H2,1-2H3,(H,16,19)(H,13,15,17). The zero-order chi connectivity index (χ0) is 14.4. The molecule has 0 aliphatic rings. The summed E-state index contributed by atoms with van der Waals surface area (Å²) in [4.78, 5) is 19.6. The van der Waals surface area contributed by atoms with Gasteiger partial charge in [0, 0.05) is 31.4 Å². The number of aryl methyl sites for hydroxylation is 2. The largest absolute Gasteiger partial charge is 0.481 e. The van der Waals surface area contributed by atoms with Crippen molar-refractivity contribution in [2.75, 3.05) is 12.5 Å². The molecule has 2 aromatic rings. The first-order valence-electron chi connectivity index (χ1n) is 6.08. The minimum absolute atomic E-state index is 0.176. The van der Waals surface area contributed by atoms with Crippen molar-refractivity contribution in [1.29, 1.82) is 0 Å². The minimum Gasteiger partial charge on any atom is -0.481 e. The van der Waals surface area contributed by atoms with Gasteiger partial charge in [-0.25, -0.2) is 4.98 Å². The van der Waals surface area contributed by atoms with Crippen LogP contribution in [0.1, 0.15) is 12.0 Å². The number of methoxy groups -OCH3 is 1. The summed E-state index contributed by atoms with van der Waals surface area (Å²) < 4.78 is 6.67. The molecule has 20 heavy (non-hydrogen) atoms. The summed E-state index contributed by atoms with van der Waals surface area (Å²) in [6.45, 7) is 2.46. The Bertz CT molecular complexity index is 583. The van der Waals surface area contributed by atoms with E-state index >= 15 is 0 Å². The van der Waals surface area contributed by atoms with E-state index in [1.54, 1.807) is 16.9 Å². The lowest BCUT2D eigenvalue weighted by molar-refractivity contribution is -0.120. The van der Waals surface area contributed by atoms with Gasteiger partial charge in [-0.1, -0.05) is 0 Å². The molecule has 0 aliphatic heterocycles. The van der Waals surface area contributed by atoms with Crippen molar-refractivity contribution in [3.63, 3.8) is 0 Å². The molecule has 2 rings (SSSR count).